The number of rotatable bonds is 13. The van der Waals surface area contributed by atoms with E-state index in [-0.39, 0.29) is 24.0 Å². The largest absolute Gasteiger partial charge is 0.493 e. The van der Waals surface area contributed by atoms with Crippen LogP contribution in [-0.4, -0.2) is 53.2 Å². The number of aliphatic imine (C=N–C) groups is 1. The zero-order valence-electron chi connectivity index (χ0n) is 18.6. The molecule has 0 saturated carbocycles. The Morgan fingerprint density at radius 3 is 2.32 bits per heavy atom. The van der Waals surface area contributed by atoms with Gasteiger partial charge in [-0.25, -0.2) is 4.99 Å². The quantitative estimate of drug-likeness (QED) is 0.170. The van der Waals surface area contributed by atoms with Crippen LogP contribution in [-0.2, 0) is 16.0 Å². The number of nitrogens with zero attached hydrogens (tertiary/aromatic N) is 1. The van der Waals surface area contributed by atoms with Crippen molar-refractivity contribution in [1.82, 2.24) is 5.32 Å². The third-order valence-electron chi connectivity index (χ3n) is 4.10. The standard InChI is InChI=1S/C23H33N3O4.HI/c1-4-24-23(25-18-19-9-11-21(12-10-19)30-16-15-28-3)26-20-7-5-8-22(17-20)29-14-6-13-27-2;/h5,7-12,17H,4,6,13-16,18H2,1-3H3,(H2,24,25,26);1H. The molecule has 0 bridgehead atoms. The summed E-state index contributed by atoms with van der Waals surface area (Å²) >= 11 is 0. The lowest BCUT2D eigenvalue weighted by atomic mass is 10.2. The summed E-state index contributed by atoms with van der Waals surface area (Å²) in [5.41, 5.74) is 2.02. The molecule has 0 spiro atoms. The second-order valence-electron chi connectivity index (χ2n) is 6.53. The van der Waals surface area contributed by atoms with E-state index in [9.17, 15) is 0 Å². The molecule has 0 saturated heterocycles. The Bertz CT molecular complexity index is 757. The molecule has 2 rings (SSSR count). The average molecular weight is 543 g/mol. The molecule has 2 aromatic carbocycles. The van der Waals surface area contributed by atoms with Crippen molar-refractivity contribution >= 4 is 35.6 Å². The molecule has 0 heterocycles. The fraction of sp³-hybridized carbons (Fsp3) is 0.435. The molecule has 31 heavy (non-hydrogen) atoms. The molecule has 0 aliphatic heterocycles. The normalized spacial score (nSPS) is 10.9. The predicted octanol–water partition coefficient (Wildman–Crippen LogP) is 4.32. The number of anilines is 1. The fourth-order valence-corrected chi connectivity index (χ4v) is 2.60. The summed E-state index contributed by atoms with van der Waals surface area (Å²) in [6.45, 7) is 5.79. The van der Waals surface area contributed by atoms with Gasteiger partial charge in [0.2, 0.25) is 0 Å². The minimum atomic E-state index is 0. The molecule has 7 nitrogen and oxygen atoms in total. The molecule has 0 amide bonds. The van der Waals surface area contributed by atoms with Gasteiger partial charge in [-0.05, 0) is 36.8 Å². The third kappa shape index (κ3) is 11.2. The number of methoxy groups -OCH3 is 2. The molecule has 2 N–H and O–H groups in total. The summed E-state index contributed by atoms with van der Waals surface area (Å²) in [5.74, 6) is 2.36. The highest BCUT2D eigenvalue weighted by atomic mass is 127. The second-order valence-corrected chi connectivity index (χ2v) is 6.53. The molecule has 0 fully saturated rings. The number of nitrogens with one attached hydrogen (secondary N) is 2. The maximum atomic E-state index is 5.77. The van der Waals surface area contributed by atoms with Gasteiger partial charge in [0.05, 0.1) is 19.8 Å². The zero-order chi connectivity index (χ0) is 21.4. The minimum Gasteiger partial charge on any atom is -0.493 e. The number of benzene rings is 2. The van der Waals surface area contributed by atoms with Crippen LogP contribution in [0.4, 0.5) is 5.69 Å². The van der Waals surface area contributed by atoms with Crippen molar-refractivity contribution in [1.29, 1.82) is 0 Å². The molecule has 172 valence electrons. The molecule has 8 heteroatoms. The number of guanidine groups is 1. The summed E-state index contributed by atoms with van der Waals surface area (Å²) in [6, 6.07) is 15.8. The van der Waals surface area contributed by atoms with E-state index in [1.54, 1.807) is 14.2 Å². The Kier molecular flexibility index (Phi) is 14.5. The van der Waals surface area contributed by atoms with E-state index in [0.717, 1.165) is 41.7 Å². The van der Waals surface area contributed by atoms with Gasteiger partial charge < -0.3 is 29.6 Å². The van der Waals surface area contributed by atoms with Crippen molar-refractivity contribution < 1.29 is 18.9 Å². The summed E-state index contributed by atoms with van der Waals surface area (Å²) in [6.07, 6.45) is 0.856. The van der Waals surface area contributed by atoms with Crippen molar-refractivity contribution in [2.24, 2.45) is 4.99 Å². The Balaban J connectivity index is 0.00000480. The molecular formula is C23H34IN3O4. The van der Waals surface area contributed by atoms with Crippen LogP contribution in [0.3, 0.4) is 0 Å². The van der Waals surface area contributed by atoms with Crippen LogP contribution in [0.5, 0.6) is 11.5 Å². The van der Waals surface area contributed by atoms with Gasteiger partial charge >= 0.3 is 0 Å². The van der Waals surface area contributed by atoms with Gasteiger partial charge in [0.25, 0.3) is 0 Å². The van der Waals surface area contributed by atoms with Crippen LogP contribution in [0.15, 0.2) is 53.5 Å². The lowest BCUT2D eigenvalue weighted by Gasteiger charge is -2.13. The lowest BCUT2D eigenvalue weighted by molar-refractivity contribution is 0.146. The smallest absolute Gasteiger partial charge is 0.196 e. The fourth-order valence-electron chi connectivity index (χ4n) is 2.60. The summed E-state index contributed by atoms with van der Waals surface area (Å²) in [5, 5.41) is 6.60. The van der Waals surface area contributed by atoms with Crippen LogP contribution < -0.4 is 20.1 Å². The Hall–Kier alpha value is -2.04. The number of hydrogen-bond acceptors (Lipinski definition) is 5. The Labute approximate surface area is 202 Å². The summed E-state index contributed by atoms with van der Waals surface area (Å²) in [4.78, 5) is 4.68. The topological polar surface area (TPSA) is 73.3 Å². The van der Waals surface area contributed by atoms with Crippen molar-refractivity contribution in [2.75, 3.05) is 52.5 Å². The highest BCUT2D eigenvalue weighted by Gasteiger charge is 2.02. The highest BCUT2D eigenvalue weighted by Crippen LogP contribution is 2.18. The van der Waals surface area contributed by atoms with Crippen molar-refractivity contribution in [2.45, 2.75) is 19.9 Å². The van der Waals surface area contributed by atoms with E-state index in [0.29, 0.717) is 33.0 Å². The predicted molar refractivity (Wildman–Crippen MR) is 136 cm³/mol. The molecule has 0 aliphatic rings. The first-order valence-corrected chi connectivity index (χ1v) is 10.2. The van der Waals surface area contributed by atoms with E-state index in [1.165, 1.54) is 0 Å². The molecule has 0 radical (unpaired) electrons. The molecule has 2 aromatic rings. The van der Waals surface area contributed by atoms with E-state index >= 15 is 0 Å². The Morgan fingerprint density at radius 1 is 0.871 bits per heavy atom. The van der Waals surface area contributed by atoms with E-state index in [1.807, 2.05) is 55.5 Å². The monoisotopic (exact) mass is 543 g/mol. The molecule has 0 atom stereocenters. The van der Waals surface area contributed by atoms with Gasteiger partial charge in [-0.1, -0.05) is 18.2 Å². The van der Waals surface area contributed by atoms with Gasteiger partial charge in [0.1, 0.15) is 18.1 Å². The lowest BCUT2D eigenvalue weighted by Crippen LogP contribution is -2.30. The summed E-state index contributed by atoms with van der Waals surface area (Å²) < 4.78 is 21.4. The van der Waals surface area contributed by atoms with Crippen LogP contribution in [0.25, 0.3) is 0 Å². The van der Waals surface area contributed by atoms with E-state index in [2.05, 4.69) is 15.6 Å². The maximum Gasteiger partial charge on any atom is 0.196 e. The second kappa shape index (κ2) is 16.6. The van der Waals surface area contributed by atoms with Crippen LogP contribution in [0, 0.1) is 0 Å². The number of ether oxygens (including phenoxy) is 4. The van der Waals surface area contributed by atoms with Crippen molar-refractivity contribution in [3.8, 4) is 11.5 Å². The minimum absolute atomic E-state index is 0. The van der Waals surface area contributed by atoms with Gasteiger partial charge in [-0.15, -0.1) is 24.0 Å². The van der Waals surface area contributed by atoms with Crippen LogP contribution in [0.2, 0.25) is 0 Å². The molecule has 0 aromatic heterocycles. The van der Waals surface area contributed by atoms with Crippen molar-refractivity contribution in [3.05, 3.63) is 54.1 Å². The average Bonchev–Trinajstić information content (AvgIpc) is 2.77. The summed E-state index contributed by atoms with van der Waals surface area (Å²) in [7, 11) is 3.35. The van der Waals surface area contributed by atoms with Gasteiger partial charge in [-0.2, -0.15) is 0 Å². The van der Waals surface area contributed by atoms with Gasteiger partial charge in [0, 0.05) is 45.5 Å². The van der Waals surface area contributed by atoms with Gasteiger partial charge in [0.15, 0.2) is 5.96 Å². The number of hydrogen-bond donors (Lipinski definition) is 2. The maximum absolute atomic E-state index is 5.77. The van der Waals surface area contributed by atoms with Crippen LogP contribution >= 0.6 is 24.0 Å². The van der Waals surface area contributed by atoms with Crippen LogP contribution in [0.1, 0.15) is 18.9 Å². The third-order valence-corrected chi connectivity index (χ3v) is 4.10. The highest BCUT2D eigenvalue weighted by molar-refractivity contribution is 14.0. The van der Waals surface area contributed by atoms with E-state index in [4.69, 9.17) is 18.9 Å². The molecule has 0 unspecified atom stereocenters. The number of halogens is 1. The first-order valence-electron chi connectivity index (χ1n) is 10.2. The first-order chi connectivity index (χ1) is 14.7. The van der Waals surface area contributed by atoms with Gasteiger partial charge in [-0.3, -0.25) is 0 Å². The Morgan fingerprint density at radius 2 is 1.61 bits per heavy atom. The zero-order valence-corrected chi connectivity index (χ0v) is 20.9. The van der Waals surface area contributed by atoms with E-state index < -0.39 is 0 Å². The SMILES string of the molecule is CCNC(=NCc1ccc(OCCOC)cc1)Nc1cccc(OCCCOC)c1.I. The van der Waals surface area contributed by atoms with Crippen molar-refractivity contribution in [3.63, 3.8) is 0 Å². The molecular weight excluding hydrogens is 509 g/mol. The molecule has 0 aliphatic carbocycles. The first kappa shape index (κ1) is 27.0.